The Kier molecular flexibility index (Phi) is 6.44. The fourth-order valence-electron chi connectivity index (χ4n) is 2.13. The van der Waals surface area contributed by atoms with Crippen molar-refractivity contribution in [3.05, 3.63) is 69.7 Å². The average molecular weight is 374 g/mol. The predicted molar refractivity (Wildman–Crippen MR) is 93.3 cm³/mol. The molecule has 0 bridgehead atoms. The number of ether oxygens (including phenoxy) is 1. The number of benzene rings is 2. The molecule has 0 heterocycles. The molecule has 0 aliphatic rings. The van der Waals surface area contributed by atoms with Crippen LogP contribution < -0.4 is 4.72 Å². The molecule has 0 aliphatic carbocycles. The summed E-state index contributed by atoms with van der Waals surface area (Å²) in [5.74, 6) is -0.189. The highest BCUT2D eigenvalue weighted by molar-refractivity contribution is 7.88. The second-order valence-electron chi connectivity index (χ2n) is 4.94. The number of nitrogens with one attached hydrogen (secondary N) is 1. The zero-order chi connectivity index (χ0) is 16.9. The summed E-state index contributed by atoms with van der Waals surface area (Å²) in [6.45, 7) is 0.0903. The molecule has 124 valence electrons. The number of halogens is 2. The second kappa shape index (κ2) is 8.13. The van der Waals surface area contributed by atoms with Gasteiger partial charge in [-0.25, -0.2) is 13.1 Å². The molecule has 0 saturated carbocycles. The van der Waals surface area contributed by atoms with Crippen LogP contribution in [0.2, 0.25) is 10.0 Å². The normalized spacial score (nSPS) is 13.0. The lowest BCUT2D eigenvalue weighted by Gasteiger charge is -2.18. The van der Waals surface area contributed by atoms with Crippen molar-refractivity contribution >= 4 is 33.2 Å². The summed E-state index contributed by atoms with van der Waals surface area (Å²) in [7, 11) is -2.03. The van der Waals surface area contributed by atoms with E-state index in [1.165, 1.54) is 7.11 Å². The molecule has 0 aromatic heterocycles. The van der Waals surface area contributed by atoms with Crippen molar-refractivity contribution in [3.63, 3.8) is 0 Å². The van der Waals surface area contributed by atoms with Gasteiger partial charge in [0.15, 0.2) is 0 Å². The maximum absolute atomic E-state index is 12.2. The van der Waals surface area contributed by atoms with E-state index >= 15 is 0 Å². The van der Waals surface area contributed by atoms with E-state index in [0.29, 0.717) is 15.6 Å². The van der Waals surface area contributed by atoms with Gasteiger partial charge < -0.3 is 4.74 Å². The molecule has 2 rings (SSSR count). The molecule has 7 heteroatoms. The Hall–Kier alpha value is -1.11. The number of hydrogen-bond donors (Lipinski definition) is 1. The minimum Gasteiger partial charge on any atom is -0.375 e. The van der Waals surface area contributed by atoms with Gasteiger partial charge in [0.05, 0.1) is 11.9 Å². The minimum absolute atomic E-state index is 0.0903. The highest BCUT2D eigenvalue weighted by Gasteiger charge is 2.19. The summed E-state index contributed by atoms with van der Waals surface area (Å²) in [6.07, 6.45) is -0.468. The predicted octanol–water partition coefficient (Wildman–Crippen LogP) is 3.80. The highest BCUT2D eigenvalue weighted by Crippen LogP contribution is 2.25. The number of rotatable bonds is 7. The first kappa shape index (κ1) is 18.2. The molecular formula is C16H17Cl2NO3S. The van der Waals surface area contributed by atoms with E-state index in [1.807, 2.05) is 6.07 Å². The van der Waals surface area contributed by atoms with Crippen molar-refractivity contribution in [1.29, 1.82) is 0 Å². The van der Waals surface area contributed by atoms with Crippen LogP contribution in [-0.4, -0.2) is 22.1 Å². The lowest BCUT2D eigenvalue weighted by Crippen LogP contribution is -2.30. The minimum atomic E-state index is -3.54. The van der Waals surface area contributed by atoms with Gasteiger partial charge in [-0.05, 0) is 17.7 Å². The smallest absolute Gasteiger partial charge is 0.215 e. The van der Waals surface area contributed by atoms with Crippen LogP contribution in [0, 0.1) is 0 Å². The Labute approximate surface area is 146 Å². The zero-order valence-corrected chi connectivity index (χ0v) is 14.8. The van der Waals surface area contributed by atoms with Crippen LogP contribution in [0.25, 0.3) is 0 Å². The SMILES string of the molecule is COC(CNS(=O)(=O)Cc1ccccc1Cl)c1ccccc1Cl. The van der Waals surface area contributed by atoms with Crippen LogP contribution in [0.1, 0.15) is 17.2 Å². The van der Waals surface area contributed by atoms with Crippen LogP contribution >= 0.6 is 23.2 Å². The summed E-state index contributed by atoms with van der Waals surface area (Å²) in [6, 6.07) is 14.0. The fourth-order valence-corrected chi connectivity index (χ4v) is 3.84. The third-order valence-corrected chi connectivity index (χ3v) is 5.34. The fraction of sp³-hybridized carbons (Fsp3) is 0.250. The third kappa shape index (κ3) is 5.19. The highest BCUT2D eigenvalue weighted by atomic mass is 35.5. The first-order valence-corrected chi connectivity index (χ1v) is 9.31. The number of sulfonamides is 1. The van der Waals surface area contributed by atoms with Crippen molar-refractivity contribution < 1.29 is 13.2 Å². The Morgan fingerprint density at radius 3 is 2.26 bits per heavy atom. The molecule has 4 nitrogen and oxygen atoms in total. The van der Waals surface area contributed by atoms with Gasteiger partial charge in [-0.1, -0.05) is 59.6 Å². The zero-order valence-electron chi connectivity index (χ0n) is 12.5. The van der Waals surface area contributed by atoms with E-state index in [0.717, 1.165) is 5.56 Å². The van der Waals surface area contributed by atoms with Crippen LogP contribution in [0.4, 0.5) is 0 Å². The molecule has 1 atom stereocenters. The van der Waals surface area contributed by atoms with Crippen LogP contribution in [-0.2, 0) is 20.5 Å². The molecule has 23 heavy (non-hydrogen) atoms. The Morgan fingerprint density at radius 1 is 1.04 bits per heavy atom. The molecule has 1 unspecified atom stereocenters. The largest absolute Gasteiger partial charge is 0.375 e. The average Bonchev–Trinajstić information content (AvgIpc) is 2.51. The summed E-state index contributed by atoms with van der Waals surface area (Å²) in [5.41, 5.74) is 1.28. The van der Waals surface area contributed by atoms with Crippen molar-refractivity contribution in [2.75, 3.05) is 13.7 Å². The Balaban J connectivity index is 2.06. The first-order chi connectivity index (χ1) is 10.9. The lowest BCUT2D eigenvalue weighted by molar-refractivity contribution is 0.107. The van der Waals surface area contributed by atoms with Gasteiger partial charge >= 0.3 is 0 Å². The molecule has 0 aliphatic heterocycles. The monoisotopic (exact) mass is 373 g/mol. The van der Waals surface area contributed by atoms with Crippen molar-refractivity contribution in [3.8, 4) is 0 Å². The van der Waals surface area contributed by atoms with Crippen molar-refractivity contribution in [1.82, 2.24) is 4.72 Å². The van der Waals surface area contributed by atoms with Gasteiger partial charge in [0.25, 0.3) is 0 Å². The number of methoxy groups -OCH3 is 1. The lowest BCUT2D eigenvalue weighted by atomic mass is 10.1. The maximum atomic E-state index is 12.2. The molecule has 0 saturated heterocycles. The van der Waals surface area contributed by atoms with E-state index in [1.54, 1.807) is 42.5 Å². The van der Waals surface area contributed by atoms with Crippen LogP contribution in [0.3, 0.4) is 0 Å². The maximum Gasteiger partial charge on any atom is 0.215 e. The van der Waals surface area contributed by atoms with Crippen LogP contribution in [0.5, 0.6) is 0 Å². The van der Waals surface area contributed by atoms with Gasteiger partial charge in [0.1, 0.15) is 0 Å². The van der Waals surface area contributed by atoms with E-state index in [9.17, 15) is 8.42 Å². The molecule has 1 N–H and O–H groups in total. The third-order valence-electron chi connectivity index (χ3n) is 3.33. The van der Waals surface area contributed by atoms with Gasteiger partial charge in [-0.3, -0.25) is 0 Å². The van der Waals surface area contributed by atoms with Crippen molar-refractivity contribution in [2.45, 2.75) is 11.9 Å². The molecule has 0 spiro atoms. The van der Waals surface area contributed by atoms with E-state index in [2.05, 4.69) is 4.72 Å². The quantitative estimate of drug-likeness (QED) is 0.802. The topological polar surface area (TPSA) is 55.4 Å². The van der Waals surface area contributed by atoms with Gasteiger partial charge in [0.2, 0.25) is 10.0 Å². The summed E-state index contributed by atoms with van der Waals surface area (Å²) < 4.78 is 32.4. The standard InChI is InChI=1S/C16H17Cl2NO3S/c1-22-16(13-7-3-5-9-15(13)18)10-19-23(20,21)11-12-6-2-4-8-14(12)17/h2-9,16,19H,10-11H2,1H3. The molecule has 0 amide bonds. The first-order valence-electron chi connectivity index (χ1n) is 6.91. The molecule has 2 aromatic carbocycles. The molecule has 0 fully saturated rings. The Morgan fingerprint density at radius 2 is 1.65 bits per heavy atom. The second-order valence-corrected chi connectivity index (χ2v) is 7.57. The molecular weight excluding hydrogens is 357 g/mol. The van der Waals surface area contributed by atoms with Gasteiger partial charge in [-0.15, -0.1) is 0 Å². The van der Waals surface area contributed by atoms with E-state index < -0.39 is 16.1 Å². The number of hydrogen-bond acceptors (Lipinski definition) is 3. The molecule has 0 radical (unpaired) electrons. The Bertz CT molecular complexity index is 765. The van der Waals surface area contributed by atoms with Gasteiger partial charge in [-0.2, -0.15) is 0 Å². The summed E-state index contributed by atoms with van der Waals surface area (Å²) in [4.78, 5) is 0. The van der Waals surface area contributed by atoms with E-state index in [-0.39, 0.29) is 12.3 Å². The van der Waals surface area contributed by atoms with Gasteiger partial charge in [0, 0.05) is 29.3 Å². The van der Waals surface area contributed by atoms with Crippen molar-refractivity contribution in [2.24, 2.45) is 0 Å². The van der Waals surface area contributed by atoms with E-state index in [4.69, 9.17) is 27.9 Å². The van der Waals surface area contributed by atoms with Crippen LogP contribution in [0.15, 0.2) is 48.5 Å². The molecule has 2 aromatic rings. The summed E-state index contributed by atoms with van der Waals surface area (Å²) in [5, 5.41) is 0.955. The summed E-state index contributed by atoms with van der Waals surface area (Å²) >= 11 is 12.1.